The highest BCUT2D eigenvalue weighted by Crippen LogP contribution is 2.58. The first-order chi connectivity index (χ1) is 9.53. The monoisotopic (exact) mass is 280 g/mol. The minimum absolute atomic E-state index is 0.104. The van der Waals surface area contributed by atoms with Crippen molar-refractivity contribution in [2.75, 3.05) is 13.2 Å². The van der Waals surface area contributed by atoms with E-state index in [1.807, 2.05) is 19.1 Å². The van der Waals surface area contributed by atoms with E-state index in [1.165, 1.54) is 0 Å². The molecule has 0 spiro atoms. The number of rotatable bonds is 6. The fraction of sp³-hybridized carbons (Fsp3) is 0.750. The minimum atomic E-state index is -1.16. The highest BCUT2D eigenvalue weighted by Gasteiger charge is 2.70. The van der Waals surface area contributed by atoms with Crippen molar-refractivity contribution in [1.29, 1.82) is 0 Å². The van der Waals surface area contributed by atoms with Gasteiger partial charge in [-0.1, -0.05) is 45.3 Å². The van der Waals surface area contributed by atoms with Crippen LogP contribution in [0.1, 0.15) is 46.5 Å². The number of fused-ring (bicyclic) bond motifs is 1. The summed E-state index contributed by atoms with van der Waals surface area (Å²) in [5.41, 5.74) is -1.72. The molecule has 1 aliphatic carbocycles. The third-order valence-electron chi connectivity index (χ3n) is 4.69. The van der Waals surface area contributed by atoms with E-state index < -0.39 is 22.8 Å². The second-order valence-electron chi connectivity index (χ2n) is 5.98. The number of esters is 2. The van der Waals surface area contributed by atoms with Gasteiger partial charge < -0.3 is 9.47 Å². The topological polar surface area (TPSA) is 52.6 Å². The Hall–Kier alpha value is -1.32. The first-order valence-electron chi connectivity index (χ1n) is 7.56. The van der Waals surface area contributed by atoms with E-state index in [0.29, 0.717) is 0 Å². The van der Waals surface area contributed by atoms with Gasteiger partial charge in [-0.2, -0.15) is 0 Å². The van der Waals surface area contributed by atoms with Crippen molar-refractivity contribution in [1.82, 2.24) is 0 Å². The standard InChI is InChI=1S/C16H24O4/c1-4-6-7-8-12-9-10-15(3)11-20-14(18)16(12,15)13(17)19-5-2/h9-10,12H,4-8,11H2,1-3H3/t12-,15-,16-/m0/s1. The van der Waals surface area contributed by atoms with Gasteiger partial charge in [0, 0.05) is 11.3 Å². The third kappa shape index (κ3) is 1.97. The van der Waals surface area contributed by atoms with Gasteiger partial charge in [-0.3, -0.25) is 9.59 Å². The number of carbonyl (C=O) groups excluding carboxylic acids is 2. The zero-order valence-corrected chi connectivity index (χ0v) is 12.6. The molecule has 0 aromatic heterocycles. The van der Waals surface area contributed by atoms with Gasteiger partial charge in [-0.05, 0) is 13.3 Å². The molecule has 0 saturated carbocycles. The third-order valence-corrected chi connectivity index (χ3v) is 4.69. The van der Waals surface area contributed by atoms with Crippen LogP contribution in [0.25, 0.3) is 0 Å². The quantitative estimate of drug-likeness (QED) is 0.325. The molecule has 112 valence electrons. The molecule has 1 heterocycles. The molecule has 20 heavy (non-hydrogen) atoms. The average Bonchev–Trinajstić information content (AvgIpc) is 2.85. The van der Waals surface area contributed by atoms with Gasteiger partial charge in [-0.15, -0.1) is 0 Å². The SMILES string of the molecule is CCCCC[C@H]1C=C[C@@]2(C)COC(=O)[C@@]12C(=O)OCC. The van der Waals surface area contributed by atoms with E-state index in [-0.39, 0.29) is 19.1 Å². The van der Waals surface area contributed by atoms with Crippen LogP contribution in [-0.4, -0.2) is 25.2 Å². The van der Waals surface area contributed by atoms with Crippen LogP contribution in [0.4, 0.5) is 0 Å². The lowest BCUT2D eigenvalue weighted by atomic mass is 9.63. The molecule has 1 saturated heterocycles. The van der Waals surface area contributed by atoms with Gasteiger partial charge in [0.1, 0.15) is 6.61 Å². The van der Waals surface area contributed by atoms with E-state index >= 15 is 0 Å². The van der Waals surface area contributed by atoms with Crippen molar-refractivity contribution in [3.8, 4) is 0 Å². The van der Waals surface area contributed by atoms with E-state index in [1.54, 1.807) is 6.92 Å². The van der Waals surface area contributed by atoms with Crippen molar-refractivity contribution in [3.05, 3.63) is 12.2 Å². The fourth-order valence-corrected chi connectivity index (χ4v) is 3.54. The molecule has 2 rings (SSSR count). The Labute approximate surface area is 120 Å². The van der Waals surface area contributed by atoms with Crippen molar-refractivity contribution in [2.24, 2.45) is 16.7 Å². The van der Waals surface area contributed by atoms with Crippen LogP contribution in [0, 0.1) is 16.7 Å². The highest BCUT2D eigenvalue weighted by molar-refractivity contribution is 6.04. The van der Waals surface area contributed by atoms with Crippen molar-refractivity contribution in [3.63, 3.8) is 0 Å². The zero-order valence-electron chi connectivity index (χ0n) is 12.6. The summed E-state index contributed by atoms with van der Waals surface area (Å²) in [4.78, 5) is 24.9. The number of allylic oxidation sites excluding steroid dienone is 1. The molecule has 0 aromatic carbocycles. The maximum absolute atomic E-state index is 12.5. The summed E-state index contributed by atoms with van der Waals surface area (Å²) in [6.45, 7) is 6.38. The lowest BCUT2D eigenvalue weighted by Crippen LogP contribution is -2.50. The maximum Gasteiger partial charge on any atom is 0.325 e. The number of carbonyl (C=O) groups is 2. The summed E-state index contributed by atoms with van der Waals surface area (Å²) in [6.07, 6.45) is 8.06. The number of hydrogen-bond donors (Lipinski definition) is 0. The largest absolute Gasteiger partial charge is 0.465 e. The molecule has 3 atom stereocenters. The molecule has 1 fully saturated rings. The average molecular weight is 280 g/mol. The first-order valence-corrected chi connectivity index (χ1v) is 7.56. The molecule has 0 N–H and O–H groups in total. The normalized spacial score (nSPS) is 35.0. The Morgan fingerprint density at radius 3 is 2.85 bits per heavy atom. The summed E-state index contributed by atoms with van der Waals surface area (Å²) in [5, 5.41) is 0. The molecular formula is C16H24O4. The molecule has 0 bridgehead atoms. The van der Waals surface area contributed by atoms with Gasteiger partial charge in [-0.25, -0.2) is 0 Å². The molecule has 0 aromatic rings. The molecule has 1 aliphatic heterocycles. The van der Waals surface area contributed by atoms with Crippen LogP contribution in [-0.2, 0) is 19.1 Å². The predicted octanol–water partition coefficient (Wildman–Crippen LogP) is 2.87. The van der Waals surface area contributed by atoms with Crippen LogP contribution < -0.4 is 0 Å². The Bertz CT molecular complexity index is 428. The molecule has 0 radical (unpaired) electrons. The van der Waals surface area contributed by atoms with Gasteiger partial charge in [0.05, 0.1) is 6.61 Å². The molecule has 0 amide bonds. The Morgan fingerprint density at radius 1 is 1.45 bits per heavy atom. The second kappa shape index (κ2) is 5.58. The lowest BCUT2D eigenvalue weighted by Gasteiger charge is -2.34. The van der Waals surface area contributed by atoms with Crippen molar-refractivity contribution in [2.45, 2.75) is 46.5 Å². The van der Waals surface area contributed by atoms with Crippen LogP contribution in [0.15, 0.2) is 12.2 Å². The highest BCUT2D eigenvalue weighted by atomic mass is 16.6. The maximum atomic E-state index is 12.5. The number of hydrogen-bond acceptors (Lipinski definition) is 4. The van der Waals surface area contributed by atoms with E-state index in [2.05, 4.69) is 6.92 Å². The molecule has 4 nitrogen and oxygen atoms in total. The molecular weight excluding hydrogens is 256 g/mol. The molecule has 4 heteroatoms. The van der Waals surface area contributed by atoms with Crippen LogP contribution in [0.2, 0.25) is 0 Å². The number of unbranched alkanes of at least 4 members (excludes halogenated alkanes) is 2. The van der Waals surface area contributed by atoms with Crippen molar-refractivity contribution < 1.29 is 19.1 Å². The Morgan fingerprint density at radius 2 is 2.20 bits per heavy atom. The first kappa shape index (κ1) is 15.1. The number of cyclic esters (lactones) is 1. The summed E-state index contributed by atoms with van der Waals surface area (Å²) >= 11 is 0. The molecule has 2 aliphatic rings. The van der Waals surface area contributed by atoms with Gasteiger partial charge in [0.15, 0.2) is 5.41 Å². The second-order valence-corrected chi connectivity index (χ2v) is 5.98. The van der Waals surface area contributed by atoms with Gasteiger partial charge >= 0.3 is 11.9 Å². The van der Waals surface area contributed by atoms with Crippen molar-refractivity contribution >= 4 is 11.9 Å². The van der Waals surface area contributed by atoms with E-state index in [4.69, 9.17) is 9.47 Å². The Kier molecular flexibility index (Phi) is 4.21. The lowest BCUT2D eigenvalue weighted by molar-refractivity contribution is -0.170. The summed E-state index contributed by atoms with van der Waals surface area (Å²) < 4.78 is 10.5. The predicted molar refractivity (Wildman–Crippen MR) is 74.9 cm³/mol. The van der Waals surface area contributed by atoms with Crippen LogP contribution in [0.3, 0.4) is 0 Å². The van der Waals surface area contributed by atoms with Crippen LogP contribution >= 0.6 is 0 Å². The Balaban J connectivity index is 2.30. The van der Waals surface area contributed by atoms with Gasteiger partial charge in [0.2, 0.25) is 0 Å². The van der Waals surface area contributed by atoms with E-state index in [9.17, 15) is 9.59 Å². The van der Waals surface area contributed by atoms with Gasteiger partial charge in [0.25, 0.3) is 0 Å². The molecule has 0 unspecified atom stereocenters. The van der Waals surface area contributed by atoms with Crippen LogP contribution in [0.5, 0.6) is 0 Å². The summed E-state index contributed by atoms with van der Waals surface area (Å²) in [5.74, 6) is -0.936. The zero-order chi connectivity index (χ0) is 14.8. The summed E-state index contributed by atoms with van der Waals surface area (Å²) in [6, 6.07) is 0. The smallest absolute Gasteiger partial charge is 0.325 e. The minimum Gasteiger partial charge on any atom is -0.465 e. The number of ether oxygens (including phenoxy) is 2. The fourth-order valence-electron chi connectivity index (χ4n) is 3.54. The van der Waals surface area contributed by atoms with E-state index in [0.717, 1.165) is 25.7 Å². The summed E-state index contributed by atoms with van der Waals surface area (Å²) in [7, 11) is 0.